The van der Waals surface area contributed by atoms with Crippen LogP contribution in [0, 0.1) is 11.6 Å². The molecule has 6 rings (SSSR count). The van der Waals surface area contributed by atoms with Crippen molar-refractivity contribution in [1.82, 2.24) is 20.5 Å². The molecule has 194 valence electrons. The average Bonchev–Trinajstić information content (AvgIpc) is 3.39. The summed E-state index contributed by atoms with van der Waals surface area (Å²) in [4.78, 5) is 35.1. The molecule has 4 aliphatic rings. The summed E-state index contributed by atoms with van der Waals surface area (Å²) in [5.74, 6) is -2.93. The summed E-state index contributed by atoms with van der Waals surface area (Å²) in [6, 6.07) is 3.87. The quantitative estimate of drug-likeness (QED) is 0.391. The topological polar surface area (TPSA) is 160 Å². The van der Waals surface area contributed by atoms with Crippen molar-refractivity contribution in [1.29, 1.82) is 0 Å². The summed E-state index contributed by atoms with van der Waals surface area (Å²) >= 11 is 0. The predicted octanol–water partition coefficient (Wildman–Crippen LogP) is 0.856. The molecule has 13 heteroatoms. The van der Waals surface area contributed by atoms with Gasteiger partial charge in [0, 0.05) is 31.3 Å². The lowest BCUT2D eigenvalue weighted by Gasteiger charge is -2.36. The first-order valence-corrected chi connectivity index (χ1v) is 12.1. The predicted molar refractivity (Wildman–Crippen MR) is 129 cm³/mol. The number of fused-ring (bicyclic) bond motifs is 2. The number of nitrogens with one attached hydrogen (secondary N) is 3. The molecule has 3 saturated heterocycles. The van der Waals surface area contributed by atoms with Gasteiger partial charge < -0.3 is 37.1 Å². The number of nitrogens with zero attached hydrogens (tertiary/aromatic N) is 3. The number of morpholine rings is 1. The number of carbonyl (C=O) groups excluding carboxylic acids is 2. The molecule has 0 unspecified atom stereocenters. The van der Waals surface area contributed by atoms with E-state index in [4.69, 9.17) is 16.2 Å². The smallest absolute Gasteiger partial charge is 0.280 e. The Morgan fingerprint density at radius 1 is 1.22 bits per heavy atom. The van der Waals surface area contributed by atoms with Gasteiger partial charge in [0.05, 0.1) is 24.4 Å². The molecule has 1 aromatic heterocycles. The first-order chi connectivity index (χ1) is 17.7. The van der Waals surface area contributed by atoms with Gasteiger partial charge in [0.25, 0.3) is 11.8 Å². The molecule has 37 heavy (non-hydrogen) atoms. The van der Waals surface area contributed by atoms with Crippen LogP contribution in [0.5, 0.6) is 0 Å². The maximum Gasteiger partial charge on any atom is 0.280 e. The molecule has 11 nitrogen and oxygen atoms in total. The van der Waals surface area contributed by atoms with E-state index in [1.54, 1.807) is 6.07 Å². The van der Waals surface area contributed by atoms with E-state index < -0.39 is 34.8 Å². The van der Waals surface area contributed by atoms with Gasteiger partial charge in [-0.05, 0) is 42.5 Å². The number of ether oxygens (including phenoxy) is 1. The van der Waals surface area contributed by atoms with Gasteiger partial charge in [0.2, 0.25) is 0 Å². The molecule has 1 aliphatic carbocycles. The fourth-order valence-electron chi connectivity index (χ4n) is 5.09. The zero-order chi connectivity index (χ0) is 25.9. The fourth-order valence-corrected chi connectivity index (χ4v) is 5.09. The lowest BCUT2D eigenvalue weighted by atomic mass is 10.0. The largest absolute Gasteiger partial charge is 0.355 e. The normalized spacial score (nSPS) is 26.2. The molecule has 4 heterocycles. The van der Waals surface area contributed by atoms with Crippen molar-refractivity contribution in [2.45, 2.75) is 36.6 Å². The minimum absolute atomic E-state index is 0.00431. The lowest BCUT2D eigenvalue weighted by Crippen LogP contribution is -2.59. The highest BCUT2D eigenvalue weighted by atomic mass is 19.1. The van der Waals surface area contributed by atoms with Gasteiger partial charge in [-0.25, -0.2) is 13.8 Å². The number of benzene rings is 1. The Kier molecular flexibility index (Phi) is 5.40. The zero-order valence-electron chi connectivity index (χ0n) is 19.8. The van der Waals surface area contributed by atoms with Crippen LogP contribution in [-0.4, -0.2) is 65.3 Å². The number of halogens is 2. The molecule has 2 aromatic rings. The van der Waals surface area contributed by atoms with Crippen LogP contribution < -0.4 is 27.4 Å². The number of aromatic nitrogens is 1. The number of pyridine rings is 1. The van der Waals surface area contributed by atoms with Gasteiger partial charge >= 0.3 is 0 Å². The molecule has 1 aromatic carbocycles. The van der Waals surface area contributed by atoms with E-state index >= 15 is 8.78 Å². The monoisotopic (exact) mass is 512 g/mol. The van der Waals surface area contributed by atoms with Crippen molar-refractivity contribution in [3.63, 3.8) is 0 Å². The highest BCUT2D eigenvalue weighted by Crippen LogP contribution is 2.46. The number of rotatable bonds is 5. The first-order valence-electron chi connectivity index (χ1n) is 12.1. The first kappa shape index (κ1) is 23.7. The molecule has 2 bridgehead atoms. The van der Waals surface area contributed by atoms with Gasteiger partial charge in [0.1, 0.15) is 17.2 Å². The highest BCUT2D eigenvalue weighted by molar-refractivity contribution is 6.03. The Balaban J connectivity index is 1.30. The molecular formula is C24H26F2N8O3. The Morgan fingerprint density at radius 2 is 1.97 bits per heavy atom. The summed E-state index contributed by atoms with van der Waals surface area (Å²) in [5.41, 5.74) is 10.6. The summed E-state index contributed by atoms with van der Waals surface area (Å²) in [7, 11) is 0. The SMILES string of the molecule is N[C@]12CN(C(=O)c3ccnc(Nc4c(F)cc(C(=O)N=C5NCCN5)cc4C4CC4)c3F)[C@](N)(CO1)C2. The van der Waals surface area contributed by atoms with Crippen molar-refractivity contribution in [2.24, 2.45) is 16.5 Å². The number of likely N-dealkylation sites (tertiary alicyclic amines) is 1. The molecule has 3 aliphatic heterocycles. The number of aliphatic imine (C=N–C) groups is 1. The molecule has 0 spiro atoms. The van der Waals surface area contributed by atoms with E-state index in [-0.39, 0.29) is 48.1 Å². The number of guanidine groups is 1. The molecule has 2 amide bonds. The van der Waals surface area contributed by atoms with E-state index in [1.165, 1.54) is 17.2 Å². The Labute approximate surface area is 210 Å². The minimum Gasteiger partial charge on any atom is -0.355 e. The van der Waals surface area contributed by atoms with Crippen molar-refractivity contribution in [3.8, 4) is 0 Å². The third-order valence-corrected chi connectivity index (χ3v) is 7.09. The van der Waals surface area contributed by atoms with Crippen LogP contribution in [0.15, 0.2) is 29.4 Å². The maximum atomic E-state index is 15.6. The lowest BCUT2D eigenvalue weighted by molar-refractivity contribution is -0.0522. The number of hydrogen-bond acceptors (Lipinski definition) is 7. The zero-order valence-corrected chi connectivity index (χ0v) is 19.8. The van der Waals surface area contributed by atoms with Gasteiger partial charge in [0.15, 0.2) is 17.6 Å². The van der Waals surface area contributed by atoms with Gasteiger partial charge in [-0.15, -0.1) is 0 Å². The molecule has 0 radical (unpaired) electrons. The van der Waals surface area contributed by atoms with Crippen molar-refractivity contribution < 1.29 is 23.1 Å². The van der Waals surface area contributed by atoms with Crippen LogP contribution in [0.25, 0.3) is 0 Å². The van der Waals surface area contributed by atoms with Gasteiger partial charge in [-0.1, -0.05) is 0 Å². The third kappa shape index (κ3) is 4.18. The van der Waals surface area contributed by atoms with Crippen molar-refractivity contribution >= 4 is 29.3 Å². The highest BCUT2D eigenvalue weighted by Gasteiger charge is 2.59. The fraction of sp³-hybridized carbons (Fsp3) is 0.417. The Morgan fingerprint density at radius 3 is 2.62 bits per heavy atom. The molecule has 2 atom stereocenters. The standard InChI is InChI=1S/C24H26F2N8O3/c25-16-8-13(20(35)33-22-30-5-6-31-22)7-15(12-1-2-12)18(16)32-19-17(26)14(3-4-29-19)21(36)34-10-24(28)9-23(34,27)11-37-24/h3-4,7-8,12H,1-2,5-6,9-11,27-28H2,(H,29,32)(H2,30,31,33,35)/t23-,24-/m0/s1. The van der Waals surface area contributed by atoms with E-state index in [0.717, 1.165) is 18.9 Å². The van der Waals surface area contributed by atoms with E-state index in [1.807, 2.05) is 0 Å². The molecule has 1 saturated carbocycles. The third-order valence-electron chi connectivity index (χ3n) is 7.09. The number of amides is 2. The number of hydrogen-bond donors (Lipinski definition) is 5. The van der Waals surface area contributed by atoms with Crippen LogP contribution in [0.3, 0.4) is 0 Å². The van der Waals surface area contributed by atoms with Gasteiger partial charge in [-0.3, -0.25) is 9.59 Å². The maximum absolute atomic E-state index is 15.6. The van der Waals surface area contributed by atoms with Crippen LogP contribution in [0.2, 0.25) is 0 Å². The van der Waals surface area contributed by atoms with Crippen LogP contribution in [0.1, 0.15) is 51.5 Å². The van der Waals surface area contributed by atoms with Crippen molar-refractivity contribution in [2.75, 3.05) is 31.6 Å². The number of carbonyl (C=O) groups is 2. The number of nitrogens with two attached hydrogens (primary N) is 2. The second-order valence-corrected chi connectivity index (χ2v) is 9.99. The minimum atomic E-state index is -1.13. The van der Waals surface area contributed by atoms with Crippen LogP contribution in [0.4, 0.5) is 20.3 Å². The Bertz CT molecular complexity index is 1340. The summed E-state index contributed by atoms with van der Waals surface area (Å²) in [5, 5.41) is 8.58. The summed E-state index contributed by atoms with van der Waals surface area (Å²) in [6.45, 7) is 1.35. The summed E-state index contributed by atoms with van der Waals surface area (Å²) < 4.78 is 36.4. The molecule has 7 N–H and O–H groups in total. The molecule has 4 fully saturated rings. The number of anilines is 2. The van der Waals surface area contributed by atoms with Crippen LogP contribution in [-0.2, 0) is 4.74 Å². The average molecular weight is 513 g/mol. The van der Waals surface area contributed by atoms with E-state index in [2.05, 4.69) is 25.9 Å². The Hall–Kier alpha value is -3.68. The second-order valence-electron chi connectivity index (χ2n) is 9.99. The second kappa shape index (κ2) is 8.43. The summed E-state index contributed by atoms with van der Waals surface area (Å²) in [6.07, 6.45) is 3.10. The van der Waals surface area contributed by atoms with Crippen molar-refractivity contribution in [3.05, 3.63) is 52.7 Å². The van der Waals surface area contributed by atoms with Crippen LogP contribution >= 0.6 is 0 Å². The van der Waals surface area contributed by atoms with E-state index in [9.17, 15) is 9.59 Å². The molecular weight excluding hydrogens is 486 g/mol. The van der Waals surface area contributed by atoms with E-state index in [0.29, 0.717) is 24.6 Å². The van der Waals surface area contributed by atoms with Gasteiger partial charge in [-0.2, -0.15) is 4.99 Å².